The van der Waals surface area contributed by atoms with Gasteiger partial charge in [-0.3, -0.25) is 0 Å². The molecule has 0 N–H and O–H groups in total. The fraction of sp³-hybridized carbons (Fsp3) is 0.833. The largest absolute Gasteiger partial charge is 1.00 e. The first-order valence-corrected chi connectivity index (χ1v) is 5.80. The fourth-order valence-corrected chi connectivity index (χ4v) is 1.65. The average Bonchev–Trinajstić information content (AvgIpc) is 2.22. The van der Waals surface area contributed by atoms with Gasteiger partial charge in [-0.1, -0.05) is 39.5 Å². The summed E-state index contributed by atoms with van der Waals surface area (Å²) < 4.78 is 0. The van der Waals surface area contributed by atoms with Crippen LogP contribution in [0.4, 0.5) is 0 Å². The third-order valence-corrected chi connectivity index (χ3v) is 3.32. The number of carbonyl (C=O) groups excluding carboxylic acids is 2. The molecule has 0 heterocycles. The predicted octanol–water partition coefficient (Wildman–Crippen LogP) is -5.89. The summed E-state index contributed by atoms with van der Waals surface area (Å²) in [5.41, 5.74) is -1.88. The van der Waals surface area contributed by atoms with E-state index in [0.29, 0.717) is 6.42 Å². The summed E-state index contributed by atoms with van der Waals surface area (Å²) in [7, 11) is 0. The zero-order valence-electron chi connectivity index (χ0n) is 12.2. The maximum absolute atomic E-state index is 10.9. The maximum Gasteiger partial charge on any atom is 1.00 e. The zero-order valence-corrected chi connectivity index (χ0v) is 15.4. The van der Waals surface area contributed by atoms with Crippen LogP contribution in [0.1, 0.15) is 52.9 Å². The van der Waals surface area contributed by atoms with Crippen LogP contribution in [0.2, 0.25) is 0 Å². The average molecular weight is 274 g/mol. The van der Waals surface area contributed by atoms with Gasteiger partial charge in [0.05, 0.1) is 11.9 Å². The molecule has 4 nitrogen and oxygen atoms in total. The van der Waals surface area contributed by atoms with Crippen molar-refractivity contribution >= 4 is 11.9 Å². The molecule has 0 bridgehead atoms. The Morgan fingerprint density at radius 3 is 1.89 bits per heavy atom. The van der Waals surface area contributed by atoms with Crippen molar-refractivity contribution in [3.8, 4) is 0 Å². The second-order valence-electron chi connectivity index (χ2n) is 4.53. The van der Waals surface area contributed by atoms with Gasteiger partial charge in [0.15, 0.2) is 0 Å². The van der Waals surface area contributed by atoms with E-state index in [4.69, 9.17) is 0 Å². The molecule has 0 aliphatic rings. The molecule has 1 atom stereocenters. The minimum absolute atomic E-state index is 0. The molecule has 6 heteroatoms. The Labute approximate surface area is 164 Å². The summed E-state index contributed by atoms with van der Waals surface area (Å²) in [5.74, 6) is -3.59. The van der Waals surface area contributed by atoms with Crippen LogP contribution in [-0.4, -0.2) is 11.9 Å². The van der Waals surface area contributed by atoms with Gasteiger partial charge < -0.3 is 19.8 Å². The van der Waals surface area contributed by atoms with E-state index in [1.807, 2.05) is 0 Å². The molecule has 0 amide bonds. The molecule has 0 aliphatic carbocycles. The number of unbranched alkanes of at least 4 members (excludes halogenated alkanes) is 3. The third kappa shape index (κ3) is 7.09. The van der Waals surface area contributed by atoms with Gasteiger partial charge in [0.1, 0.15) is 0 Å². The van der Waals surface area contributed by atoms with E-state index in [2.05, 4.69) is 6.92 Å². The van der Waals surface area contributed by atoms with Crippen LogP contribution in [0.3, 0.4) is 0 Å². The van der Waals surface area contributed by atoms with Crippen molar-refractivity contribution in [3.63, 3.8) is 0 Å². The zero-order chi connectivity index (χ0) is 12.8. The topological polar surface area (TPSA) is 80.3 Å². The van der Waals surface area contributed by atoms with Gasteiger partial charge in [-0.15, -0.1) is 0 Å². The van der Waals surface area contributed by atoms with E-state index in [9.17, 15) is 19.8 Å². The van der Waals surface area contributed by atoms with Gasteiger partial charge in [0, 0.05) is 5.41 Å². The number of aliphatic carboxylic acids is 2. The summed E-state index contributed by atoms with van der Waals surface area (Å²) in [6.45, 7) is 4.87. The van der Waals surface area contributed by atoms with Gasteiger partial charge in [-0.25, -0.2) is 0 Å². The van der Waals surface area contributed by atoms with Gasteiger partial charge in [0.2, 0.25) is 0 Å². The van der Waals surface area contributed by atoms with Gasteiger partial charge in [-0.2, -0.15) is 0 Å². The summed E-state index contributed by atoms with van der Waals surface area (Å²) in [6.07, 6.45) is 4.58. The van der Waals surface area contributed by atoms with Crippen LogP contribution < -0.4 is 80.5 Å². The van der Waals surface area contributed by atoms with Crippen LogP contribution in [-0.2, 0) is 9.59 Å². The molecule has 18 heavy (non-hydrogen) atoms. The Bertz CT molecular complexity index is 244. The minimum atomic E-state index is -1.88. The van der Waals surface area contributed by atoms with Crippen molar-refractivity contribution in [2.24, 2.45) is 11.3 Å². The van der Waals surface area contributed by atoms with Crippen molar-refractivity contribution in [1.82, 2.24) is 0 Å². The van der Waals surface area contributed by atoms with Crippen LogP contribution in [0.15, 0.2) is 0 Å². The quantitative estimate of drug-likeness (QED) is 0.251. The molecule has 0 rings (SSSR count). The number of carboxylic acids is 2. The minimum Gasteiger partial charge on any atom is -0.549 e. The first-order valence-electron chi connectivity index (χ1n) is 5.80. The van der Waals surface area contributed by atoms with Crippen molar-refractivity contribution in [3.05, 3.63) is 0 Å². The molecular weight excluding hydrogens is 254 g/mol. The van der Waals surface area contributed by atoms with E-state index >= 15 is 0 Å². The van der Waals surface area contributed by atoms with E-state index in [1.54, 1.807) is 6.92 Å². The standard InChI is InChI=1S/C12H22O4.K.Li/c1-4-5-6-7-8-9(2)12(3,10(13)14)11(15)16;;/h9H,4-8H2,1-3H3,(H,13,14)(H,15,16);;/q;2*+1/p-2. The first-order chi connectivity index (χ1) is 7.37. The Kier molecular flexibility index (Phi) is 16.1. The van der Waals surface area contributed by atoms with E-state index in [1.165, 1.54) is 6.92 Å². The van der Waals surface area contributed by atoms with Crippen molar-refractivity contribution in [2.75, 3.05) is 0 Å². The van der Waals surface area contributed by atoms with E-state index in [0.717, 1.165) is 25.7 Å². The Morgan fingerprint density at radius 2 is 1.56 bits per heavy atom. The molecule has 0 aromatic carbocycles. The summed E-state index contributed by atoms with van der Waals surface area (Å²) in [4.78, 5) is 21.7. The molecular formula is C12H20KLiO4. The van der Waals surface area contributed by atoms with Crippen LogP contribution in [0, 0.1) is 11.3 Å². The maximum atomic E-state index is 10.9. The molecule has 0 radical (unpaired) electrons. The van der Waals surface area contributed by atoms with Gasteiger partial charge >= 0.3 is 70.2 Å². The van der Waals surface area contributed by atoms with E-state index < -0.39 is 23.3 Å². The summed E-state index contributed by atoms with van der Waals surface area (Å²) in [5, 5.41) is 21.7. The second kappa shape index (κ2) is 12.0. The normalized spacial score (nSPS) is 11.9. The summed E-state index contributed by atoms with van der Waals surface area (Å²) in [6, 6.07) is 0. The number of hydrogen-bond acceptors (Lipinski definition) is 4. The molecule has 94 valence electrons. The van der Waals surface area contributed by atoms with Crippen LogP contribution >= 0.6 is 0 Å². The monoisotopic (exact) mass is 274 g/mol. The Balaban J connectivity index is -0.00000112. The first kappa shape index (κ1) is 24.2. The molecule has 0 aliphatic heterocycles. The number of carboxylic acid groups (broad SMARTS) is 2. The number of rotatable bonds is 8. The van der Waals surface area contributed by atoms with Gasteiger partial charge in [-0.05, 0) is 19.3 Å². The number of hydrogen-bond donors (Lipinski definition) is 0. The smallest absolute Gasteiger partial charge is 0.549 e. The third-order valence-electron chi connectivity index (χ3n) is 3.32. The van der Waals surface area contributed by atoms with Crippen LogP contribution in [0.5, 0.6) is 0 Å². The predicted molar refractivity (Wildman–Crippen MR) is 56.0 cm³/mol. The van der Waals surface area contributed by atoms with Crippen molar-refractivity contribution in [1.29, 1.82) is 0 Å². The molecule has 0 fully saturated rings. The molecule has 1 unspecified atom stereocenters. The Hall–Kier alpha value is 1.17. The summed E-state index contributed by atoms with van der Waals surface area (Å²) >= 11 is 0. The van der Waals surface area contributed by atoms with Crippen molar-refractivity contribution < 1.29 is 90.0 Å². The fourth-order valence-electron chi connectivity index (χ4n) is 1.65. The molecule has 0 saturated carbocycles. The molecule has 0 aromatic rings. The Morgan fingerprint density at radius 1 is 1.11 bits per heavy atom. The van der Waals surface area contributed by atoms with E-state index in [-0.39, 0.29) is 70.2 Å². The molecule has 0 aromatic heterocycles. The molecule has 0 saturated heterocycles. The van der Waals surface area contributed by atoms with Gasteiger partial charge in [0.25, 0.3) is 0 Å². The van der Waals surface area contributed by atoms with Crippen LogP contribution in [0.25, 0.3) is 0 Å². The van der Waals surface area contributed by atoms with Crippen molar-refractivity contribution in [2.45, 2.75) is 52.9 Å². The second-order valence-corrected chi connectivity index (χ2v) is 4.53. The molecule has 0 spiro atoms. The number of carbonyl (C=O) groups is 2. The SMILES string of the molecule is CCCCCCC(C)C(C)(C(=O)[O-])C(=O)[O-].[K+].[Li+].